The molecule has 1 heterocycles. The quantitative estimate of drug-likeness (QED) is 0.765. The average Bonchev–Trinajstić information content (AvgIpc) is 2.89. The Balaban J connectivity index is 2.51. The number of hydrogen-bond acceptors (Lipinski definition) is 4. The number of carboxylic acids is 2. The maximum absolute atomic E-state index is 12.3. The first-order valence-electron chi connectivity index (χ1n) is 7.70. The fraction of sp³-hybridized carbons (Fsp3) is 0.688. The van der Waals surface area contributed by atoms with Crippen molar-refractivity contribution in [2.24, 2.45) is 11.3 Å². The van der Waals surface area contributed by atoms with Crippen molar-refractivity contribution in [3.8, 4) is 0 Å². The summed E-state index contributed by atoms with van der Waals surface area (Å²) in [6, 6.07) is 1.57. The molecule has 1 aliphatic carbocycles. The fourth-order valence-corrected chi connectivity index (χ4v) is 4.03. The molecule has 1 aromatic rings. The maximum Gasteiger partial charge on any atom is 0.316 e. The van der Waals surface area contributed by atoms with Gasteiger partial charge in [0.2, 0.25) is 0 Å². The molecule has 6 nitrogen and oxygen atoms in total. The molecule has 0 bridgehead atoms. The second-order valence-electron chi connectivity index (χ2n) is 6.72. The van der Waals surface area contributed by atoms with Crippen molar-refractivity contribution in [3.63, 3.8) is 0 Å². The Bertz CT molecular complexity index is 533. The van der Waals surface area contributed by atoms with Gasteiger partial charge in [-0.25, -0.2) is 0 Å². The summed E-state index contributed by atoms with van der Waals surface area (Å²) in [4.78, 5) is 23.3. The van der Waals surface area contributed by atoms with E-state index in [4.69, 9.17) is 9.63 Å². The molecular weight excluding hydrogens is 286 g/mol. The molecule has 22 heavy (non-hydrogen) atoms. The average molecular weight is 309 g/mol. The summed E-state index contributed by atoms with van der Waals surface area (Å²) in [7, 11) is 0. The van der Waals surface area contributed by atoms with Gasteiger partial charge in [0, 0.05) is 12.5 Å². The molecule has 2 rings (SSSR count). The number of hydrogen-bond donors (Lipinski definition) is 2. The summed E-state index contributed by atoms with van der Waals surface area (Å²) < 4.78 is 4.89. The Morgan fingerprint density at radius 3 is 2.45 bits per heavy atom. The number of aliphatic carboxylic acids is 2. The summed E-state index contributed by atoms with van der Waals surface area (Å²) in [6.45, 7) is 4.12. The molecule has 0 amide bonds. The van der Waals surface area contributed by atoms with Gasteiger partial charge in [0.1, 0.15) is 17.4 Å². The fourth-order valence-electron chi connectivity index (χ4n) is 4.03. The van der Waals surface area contributed by atoms with E-state index in [-0.39, 0.29) is 12.8 Å². The van der Waals surface area contributed by atoms with E-state index in [1.54, 1.807) is 6.07 Å². The van der Waals surface area contributed by atoms with Gasteiger partial charge in [-0.2, -0.15) is 0 Å². The van der Waals surface area contributed by atoms with E-state index in [9.17, 15) is 14.7 Å². The van der Waals surface area contributed by atoms with Crippen molar-refractivity contribution < 1.29 is 24.3 Å². The Hall–Kier alpha value is -1.85. The molecule has 1 aromatic heterocycles. The van der Waals surface area contributed by atoms with Crippen molar-refractivity contribution >= 4 is 11.9 Å². The Kier molecular flexibility index (Phi) is 4.58. The molecule has 0 saturated heterocycles. The molecular formula is C16H23NO5. The van der Waals surface area contributed by atoms with Crippen LogP contribution in [0.15, 0.2) is 16.9 Å². The molecule has 2 N–H and O–H groups in total. The van der Waals surface area contributed by atoms with Crippen LogP contribution in [0.3, 0.4) is 0 Å². The lowest BCUT2D eigenvalue weighted by Gasteiger charge is -2.54. The standard InChI is InChI=1S/C16H23NO5/c1-11(2)10-15(6-3-7-15)16(14(20)21,8-4-13(18)19)12-5-9-22-17-12/h5,9,11H,3-4,6-8,10H2,1-2H3,(H,18,19)(H,20,21). The van der Waals surface area contributed by atoms with Crippen molar-refractivity contribution in [1.29, 1.82) is 0 Å². The van der Waals surface area contributed by atoms with E-state index in [1.165, 1.54) is 6.26 Å². The van der Waals surface area contributed by atoms with E-state index in [0.717, 1.165) is 25.7 Å². The van der Waals surface area contributed by atoms with Gasteiger partial charge in [-0.1, -0.05) is 25.4 Å². The van der Waals surface area contributed by atoms with Gasteiger partial charge in [-0.3, -0.25) is 9.59 Å². The molecule has 0 aromatic carbocycles. The van der Waals surface area contributed by atoms with Gasteiger partial charge >= 0.3 is 11.9 Å². The normalized spacial score (nSPS) is 19.4. The first-order chi connectivity index (χ1) is 10.3. The first kappa shape index (κ1) is 16.5. The molecule has 1 aliphatic rings. The highest BCUT2D eigenvalue weighted by Crippen LogP contribution is 2.60. The number of rotatable bonds is 8. The number of carboxylic acid groups (broad SMARTS) is 2. The largest absolute Gasteiger partial charge is 0.481 e. The highest BCUT2D eigenvalue weighted by Gasteiger charge is 2.61. The van der Waals surface area contributed by atoms with Gasteiger partial charge in [-0.15, -0.1) is 0 Å². The van der Waals surface area contributed by atoms with Crippen molar-refractivity contribution in [2.45, 2.75) is 57.8 Å². The van der Waals surface area contributed by atoms with Crippen molar-refractivity contribution in [3.05, 3.63) is 18.0 Å². The van der Waals surface area contributed by atoms with Gasteiger partial charge in [-0.05, 0) is 37.0 Å². The Morgan fingerprint density at radius 2 is 2.09 bits per heavy atom. The van der Waals surface area contributed by atoms with Crippen LogP contribution in [0, 0.1) is 11.3 Å². The van der Waals surface area contributed by atoms with Crippen molar-refractivity contribution in [1.82, 2.24) is 5.16 Å². The third-order valence-corrected chi connectivity index (χ3v) is 4.97. The molecule has 1 atom stereocenters. The molecule has 1 unspecified atom stereocenters. The minimum absolute atomic E-state index is 0.0386. The molecule has 6 heteroatoms. The summed E-state index contributed by atoms with van der Waals surface area (Å²) in [5, 5.41) is 23.0. The topological polar surface area (TPSA) is 101 Å². The number of aromatic nitrogens is 1. The van der Waals surface area contributed by atoms with E-state index < -0.39 is 22.8 Å². The summed E-state index contributed by atoms with van der Waals surface area (Å²) in [6.07, 6.45) is 4.47. The molecule has 122 valence electrons. The smallest absolute Gasteiger partial charge is 0.316 e. The van der Waals surface area contributed by atoms with Crippen LogP contribution in [0.2, 0.25) is 0 Å². The van der Waals surface area contributed by atoms with Gasteiger partial charge in [0.05, 0.1) is 0 Å². The predicted molar refractivity (Wildman–Crippen MR) is 78.4 cm³/mol. The van der Waals surface area contributed by atoms with E-state index >= 15 is 0 Å². The highest BCUT2D eigenvalue weighted by atomic mass is 16.5. The highest BCUT2D eigenvalue weighted by molar-refractivity contribution is 5.83. The monoisotopic (exact) mass is 309 g/mol. The number of carbonyl (C=O) groups is 2. The molecule has 0 spiro atoms. The van der Waals surface area contributed by atoms with Crippen LogP contribution in [0.5, 0.6) is 0 Å². The lowest BCUT2D eigenvalue weighted by Crippen LogP contribution is -2.56. The summed E-state index contributed by atoms with van der Waals surface area (Å²) in [5.74, 6) is -1.66. The minimum atomic E-state index is -1.29. The lowest BCUT2D eigenvalue weighted by atomic mass is 9.48. The van der Waals surface area contributed by atoms with Gasteiger partial charge < -0.3 is 14.7 Å². The zero-order valence-corrected chi connectivity index (χ0v) is 13.0. The minimum Gasteiger partial charge on any atom is -0.481 e. The van der Waals surface area contributed by atoms with Gasteiger partial charge in [0.15, 0.2) is 0 Å². The van der Waals surface area contributed by atoms with E-state index in [0.29, 0.717) is 11.6 Å². The zero-order chi connectivity index (χ0) is 16.4. The van der Waals surface area contributed by atoms with Crippen LogP contribution in [0.25, 0.3) is 0 Å². The predicted octanol–water partition coefficient (Wildman–Crippen LogP) is 3.08. The second kappa shape index (κ2) is 6.10. The molecule has 0 radical (unpaired) electrons. The van der Waals surface area contributed by atoms with E-state index in [1.807, 2.05) is 0 Å². The third-order valence-electron chi connectivity index (χ3n) is 4.97. The Morgan fingerprint density at radius 1 is 1.41 bits per heavy atom. The molecule has 1 saturated carbocycles. The molecule has 1 fully saturated rings. The lowest BCUT2D eigenvalue weighted by molar-refractivity contribution is -0.158. The van der Waals surface area contributed by atoms with Crippen LogP contribution in [-0.2, 0) is 15.0 Å². The second-order valence-corrected chi connectivity index (χ2v) is 6.72. The van der Waals surface area contributed by atoms with Crippen LogP contribution >= 0.6 is 0 Å². The van der Waals surface area contributed by atoms with Gasteiger partial charge in [0.25, 0.3) is 0 Å². The summed E-state index contributed by atoms with van der Waals surface area (Å²) >= 11 is 0. The first-order valence-corrected chi connectivity index (χ1v) is 7.70. The maximum atomic E-state index is 12.3. The van der Waals surface area contributed by atoms with Crippen LogP contribution in [0.4, 0.5) is 0 Å². The number of nitrogens with zero attached hydrogens (tertiary/aromatic N) is 1. The van der Waals surface area contributed by atoms with Crippen LogP contribution in [-0.4, -0.2) is 27.3 Å². The third kappa shape index (κ3) is 2.62. The van der Waals surface area contributed by atoms with Crippen LogP contribution < -0.4 is 0 Å². The van der Waals surface area contributed by atoms with Crippen molar-refractivity contribution in [2.75, 3.05) is 0 Å². The zero-order valence-electron chi connectivity index (χ0n) is 13.0. The summed E-state index contributed by atoms with van der Waals surface area (Å²) in [5.41, 5.74) is -1.39. The van der Waals surface area contributed by atoms with E-state index in [2.05, 4.69) is 19.0 Å². The van der Waals surface area contributed by atoms with Crippen LogP contribution in [0.1, 0.15) is 58.1 Å². The molecule has 0 aliphatic heterocycles. The SMILES string of the molecule is CC(C)CC1(C(CCC(=O)O)(C(=O)O)c2ccon2)CCC1. The Labute approximate surface area is 129 Å².